The van der Waals surface area contributed by atoms with Gasteiger partial charge in [-0.2, -0.15) is 5.26 Å². The number of pyridine rings is 1. The summed E-state index contributed by atoms with van der Waals surface area (Å²) in [4.78, 5) is 8.97. The summed E-state index contributed by atoms with van der Waals surface area (Å²) in [5.41, 5.74) is 2.29. The maximum atomic E-state index is 8.98. The van der Waals surface area contributed by atoms with Gasteiger partial charge in [0.05, 0.1) is 0 Å². The topological polar surface area (TPSA) is 69.2 Å². The second-order valence-corrected chi connectivity index (χ2v) is 5.88. The number of benzene rings is 1. The molecule has 0 atom stereocenters. The molecule has 24 heavy (non-hydrogen) atoms. The van der Waals surface area contributed by atoms with Crippen LogP contribution in [0, 0.1) is 11.3 Å². The molecule has 0 radical (unpaired) electrons. The number of para-hydroxylation sites is 1. The summed E-state index contributed by atoms with van der Waals surface area (Å²) in [5.74, 6) is 0.876. The average Bonchev–Trinajstić information content (AvgIpc) is 3.05. The van der Waals surface area contributed by atoms with Crippen molar-refractivity contribution in [3.05, 3.63) is 53.9 Å². The third-order valence-corrected chi connectivity index (χ3v) is 4.37. The molecule has 4 rings (SSSR count). The zero-order valence-electron chi connectivity index (χ0n) is 13.2. The Labute approximate surface area is 139 Å². The minimum Gasteiger partial charge on any atom is -0.356 e. The van der Waals surface area contributed by atoms with Gasteiger partial charge in [-0.1, -0.05) is 23.4 Å². The maximum Gasteiger partial charge on any atom is 0.167 e. The van der Waals surface area contributed by atoms with E-state index in [0.717, 1.165) is 55.2 Å². The van der Waals surface area contributed by atoms with Gasteiger partial charge in [-0.3, -0.25) is 4.90 Å². The Kier molecular flexibility index (Phi) is 3.85. The van der Waals surface area contributed by atoms with Crippen molar-refractivity contribution in [2.75, 3.05) is 31.1 Å². The summed E-state index contributed by atoms with van der Waals surface area (Å²) >= 11 is 0. The molecule has 1 fully saturated rings. The lowest BCUT2D eigenvalue weighted by atomic mass is 10.2. The molecule has 2 aromatic heterocycles. The van der Waals surface area contributed by atoms with E-state index in [1.165, 1.54) is 0 Å². The van der Waals surface area contributed by atoms with Crippen LogP contribution in [0.5, 0.6) is 0 Å². The summed E-state index contributed by atoms with van der Waals surface area (Å²) in [7, 11) is 0. The summed E-state index contributed by atoms with van der Waals surface area (Å²) < 4.78 is 5.38. The highest BCUT2D eigenvalue weighted by Crippen LogP contribution is 2.20. The van der Waals surface area contributed by atoms with Crippen LogP contribution in [0.3, 0.4) is 0 Å². The average molecular weight is 319 g/mol. The third kappa shape index (κ3) is 2.82. The number of fused-ring (bicyclic) bond motifs is 1. The van der Waals surface area contributed by atoms with Gasteiger partial charge in [-0.25, -0.2) is 4.98 Å². The molecular formula is C18H17N5O. The number of nitrogens with zero attached hydrogens (tertiary/aromatic N) is 5. The van der Waals surface area contributed by atoms with Gasteiger partial charge in [0.25, 0.3) is 0 Å². The van der Waals surface area contributed by atoms with E-state index in [-0.39, 0.29) is 0 Å². The Bertz CT molecular complexity index is 890. The molecule has 0 unspecified atom stereocenters. The van der Waals surface area contributed by atoms with E-state index < -0.39 is 0 Å². The van der Waals surface area contributed by atoms with Crippen molar-refractivity contribution in [2.24, 2.45) is 0 Å². The monoisotopic (exact) mass is 319 g/mol. The van der Waals surface area contributed by atoms with Crippen LogP contribution in [-0.2, 0) is 6.54 Å². The molecule has 0 N–H and O–H groups in total. The lowest BCUT2D eigenvalue weighted by molar-refractivity contribution is 0.243. The highest BCUT2D eigenvalue weighted by Gasteiger charge is 2.20. The summed E-state index contributed by atoms with van der Waals surface area (Å²) in [6.07, 6.45) is 0. The fourth-order valence-corrected chi connectivity index (χ4v) is 3.06. The second kappa shape index (κ2) is 6.30. The van der Waals surface area contributed by atoms with Gasteiger partial charge in [-0.05, 0) is 24.3 Å². The van der Waals surface area contributed by atoms with Crippen molar-refractivity contribution in [1.82, 2.24) is 15.0 Å². The van der Waals surface area contributed by atoms with Gasteiger partial charge in [0.1, 0.15) is 23.3 Å². The van der Waals surface area contributed by atoms with Gasteiger partial charge < -0.3 is 9.42 Å². The number of aromatic nitrogens is 2. The molecule has 1 aliphatic rings. The highest BCUT2D eigenvalue weighted by atomic mass is 16.5. The standard InChI is InChI=1S/C18H17N5O/c19-12-14-4-3-7-18(20-14)23-10-8-22(9-11-23)13-16-15-5-1-2-6-17(15)24-21-16/h1-7H,8-11,13H2. The molecular weight excluding hydrogens is 302 g/mol. The fourth-order valence-electron chi connectivity index (χ4n) is 3.06. The molecule has 6 nitrogen and oxygen atoms in total. The van der Waals surface area contributed by atoms with Crippen molar-refractivity contribution in [1.29, 1.82) is 5.26 Å². The highest BCUT2D eigenvalue weighted by molar-refractivity contribution is 5.79. The zero-order chi connectivity index (χ0) is 16.4. The second-order valence-electron chi connectivity index (χ2n) is 5.88. The third-order valence-electron chi connectivity index (χ3n) is 4.37. The number of hydrogen-bond donors (Lipinski definition) is 0. The van der Waals surface area contributed by atoms with E-state index in [0.29, 0.717) is 5.69 Å². The number of anilines is 1. The van der Waals surface area contributed by atoms with Crippen molar-refractivity contribution in [3.63, 3.8) is 0 Å². The van der Waals surface area contributed by atoms with Crippen LogP contribution in [0.15, 0.2) is 47.0 Å². The van der Waals surface area contributed by atoms with Crippen molar-refractivity contribution >= 4 is 16.8 Å². The number of piperazine rings is 1. The van der Waals surface area contributed by atoms with Crippen LogP contribution in [0.4, 0.5) is 5.82 Å². The molecule has 1 aromatic carbocycles. The van der Waals surface area contributed by atoms with Gasteiger partial charge >= 0.3 is 0 Å². The van der Waals surface area contributed by atoms with E-state index >= 15 is 0 Å². The van der Waals surface area contributed by atoms with Crippen molar-refractivity contribution in [2.45, 2.75) is 6.54 Å². The Morgan fingerprint density at radius 2 is 1.88 bits per heavy atom. The Balaban J connectivity index is 1.42. The molecule has 1 saturated heterocycles. The van der Waals surface area contributed by atoms with Crippen LogP contribution >= 0.6 is 0 Å². The first-order valence-electron chi connectivity index (χ1n) is 8.01. The largest absolute Gasteiger partial charge is 0.356 e. The molecule has 1 aliphatic heterocycles. The predicted octanol–water partition coefficient (Wildman–Crippen LogP) is 2.42. The van der Waals surface area contributed by atoms with Gasteiger partial charge in [0.2, 0.25) is 0 Å². The van der Waals surface area contributed by atoms with Gasteiger partial charge in [0, 0.05) is 38.1 Å². The molecule has 0 spiro atoms. The summed E-state index contributed by atoms with van der Waals surface area (Å²) in [6, 6.07) is 15.6. The zero-order valence-corrected chi connectivity index (χ0v) is 13.2. The first-order valence-corrected chi connectivity index (χ1v) is 8.01. The Hall–Kier alpha value is -2.91. The lowest BCUT2D eigenvalue weighted by Crippen LogP contribution is -2.46. The molecule has 0 bridgehead atoms. The quantitative estimate of drug-likeness (QED) is 0.738. The normalized spacial score (nSPS) is 15.5. The summed E-state index contributed by atoms with van der Waals surface area (Å²) in [6.45, 7) is 4.42. The van der Waals surface area contributed by atoms with Crippen molar-refractivity contribution in [3.8, 4) is 6.07 Å². The molecule has 120 valence electrons. The Morgan fingerprint density at radius 1 is 1.04 bits per heavy atom. The van der Waals surface area contributed by atoms with E-state index in [2.05, 4.69) is 32.1 Å². The fraction of sp³-hybridized carbons (Fsp3) is 0.278. The van der Waals surface area contributed by atoms with Gasteiger partial charge in [0.15, 0.2) is 5.58 Å². The van der Waals surface area contributed by atoms with E-state index in [1.807, 2.05) is 30.3 Å². The minimum atomic E-state index is 0.462. The first-order chi connectivity index (χ1) is 11.8. The van der Waals surface area contributed by atoms with E-state index in [4.69, 9.17) is 9.78 Å². The molecule has 3 heterocycles. The van der Waals surface area contributed by atoms with Crippen molar-refractivity contribution < 1.29 is 4.52 Å². The van der Waals surface area contributed by atoms with Gasteiger partial charge in [-0.15, -0.1) is 0 Å². The van der Waals surface area contributed by atoms with Crippen LogP contribution < -0.4 is 4.90 Å². The number of nitriles is 1. The van der Waals surface area contributed by atoms with E-state index in [9.17, 15) is 0 Å². The number of rotatable bonds is 3. The minimum absolute atomic E-state index is 0.462. The van der Waals surface area contributed by atoms with Crippen LogP contribution in [0.1, 0.15) is 11.4 Å². The van der Waals surface area contributed by atoms with Crippen LogP contribution in [0.25, 0.3) is 11.0 Å². The van der Waals surface area contributed by atoms with Crippen LogP contribution in [-0.4, -0.2) is 41.2 Å². The summed E-state index contributed by atoms with van der Waals surface area (Å²) in [5, 5.41) is 14.3. The maximum absolute atomic E-state index is 8.98. The number of hydrogen-bond acceptors (Lipinski definition) is 6. The molecule has 3 aromatic rings. The van der Waals surface area contributed by atoms with E-state index in [1.54, 1.807) is 6.07 Å². The smallest absolute Gasteiger partial charge is 0.167 e. The molecule has 6 heteroatoms. The lowest BCUT2D eigenvalue weighted by Gasteiger charge is -2.35. The predicted molar refractivity (Wildman–Crippen MR) is 90.5 cm³/mol. The molecule has 0 amide bonds. The SMILES string of the molecule is N#Cc1cccc(N2CCN(Cc3noc4ccccc34)CC2)n1. The van der Waals surface area contributed by atoms with Crippen LogP contribution in [0.2, 0.25) is 0 Å². The first kappa shape index (κ1) is 14.7. The molecule has 0 aliphatic carbocycles. The Morgan fingerprint density at radius 3 is 2.71 bits per heavy atom. The molecule has 0 saturated carbocycles.